The lowest BCUT2D eigenvalue weighted by Crippen LogP contribution is -2.38. The number of nitrogens with one attached hydrogen (secondary N) is 1. The van der Waals surface area contributed by atoms with Crippen LogP contribution in [0.15, 0.2) is 77.7 Å². The molecule has 0 saturated heterocycles. The molecule has 0 aliphatic rings. The zero-order valence-corrected chi connectivity index (χ0v) is 18.7. The quantitative estimate of drug-likeness (QED) is 0.486. The van der Waals surface area contributed by atoms with Crippen LogP contribution in [0, 0.1) is 0 Å². The third-order valence-corrected chi connectivity index (χ3v) is 6.65. The van der Waals surface area contributed by atoms with Crippen LogP contribution in [0.4, 0.5) is 24.5 Å². The second-order valence-electron chi connectivity index (χ2n) is 6.76. The SMILES string of the molecule is COc1ccc(N(CC(=O)Nc2ccc(Cl)c(C(F)(F)F)c2)S(=O)(=O)c2ccccc2)cc1. The van der Waals surface area contributed by atoms with E-state index in [-0.39, 0.29) is 16.3 Å². The molecule has 174 valence electrons. The Morgan fingerprint density at radius 2 is 1.67 bits per heavy atom. The first kappa shape index (κ1) is 24.4. The van der Waals surface area contributed by atoms with Gasteiger partial charge >= 0.3 is 6.18 Å². The van der Waals surface area contributed by atoms with Crippen LogP contribution in [-0.2, 0) is 21.0 Å². The van der Waals surface area contributed by atoms with Gasteiger partial charge in [0.05, 0.1) is 28.3 Å². The molecule has 3 aromatic rings. The third kappa shape index (κ3) is 5.77. The molecule has 1 N–H and O–H groups in total. The Hall–Kier alpha value is -3.24. The van der Waals surface area contributed by atoms with Crippen molar-refractivity contribution in [3.05, 3.63) is 83.4 Å². The highest BCUT2D eigenvalue weighted by Gasteiger charge is 2.33. The van der Waals surface area contributed by atoms with Gasteiger partial charge in [-0.05, 0) is 54.6 Å². The number of anilines is 2. The zero-order chi connectivity index (χ0) is 24.2. The Kier molecular flexibility index (Phi) is 7.19. The van der Waals surface area contributed by atoms with E-state index in [1.165, 1.54) is 61.7 Å². The highest BCUT2D eigenvalue weighted by atomic mass is 35.5. The van der Waals surface area contributed by atoms with Crippen molar-refractivity contribution in [1.82, 2.24) is 0 Å². The number of ether oxygens (including phenoxy) is 1. The van der Waals surface area contributed by atoms with Crippen LogP contribution >= 0.6 is 11.6 Å². The summed E-state index contributed by atoms with van der Waals surface area (Å²) in [6.07, 6.45) is -4.72. The number of hydrogen-bond donors (Lipinski definition) is 1. The number of methoxy groups -OCH3 is 1. The first-order valence-corrected chi connectivity index (χ1v) is 11.2. The van der Waals surface area contributed by atoms with Crippen molar-refractivity contribution in [1.29, 1.82) is 0 Å². The van der Waals surface area contributed by atoms with Gasteiger partial charge in [0.15, 0.2) is 0 Å². The lowest BCUT2D eigenvalue weighted by molar-refractivity contribution is -0.137. The van der Waals surface area contributed by atoms with Crippen molar-refractivity contribution in [2.75, 3.05) is 23.3 Å². The van der Waals surface area contributed by atoms with E-state index in [4.69, 9.17) is 16.3 Å². The van der Waals surface area contributed by atoms with Crippen molar-refractivity contribution >= 4 is 38.9 Å². The molecular weight excluding hydrogens is 481 g/mol. The Bertz CT molecular complexity index is 1230. The fourth-order valence-corrected chi connectivity index (χ4v) is 4.60. The largest absolute Gasteiger partial charge is 0.497 e. The maximum Gasteiger partial charge on any atom is 0.417 e. The molecule has 0 aliphatic carbocycles. The Labute approximate surface area is 193 Å². The highest BCUT2D eigenvalue weighted by Crippen LogP contribution is 2.36. The molecule has 0 bridgehead atoms. The molecule has 0 atom stereocenters. The number of sulfonamides is 1. The minimum absolute atomic E-state index is 0.0560. The normalized spacial score (nSPS) is 11.7. The van der Waals surface area contributed by atoms with Crippen molar-refractivity contribution in [3.8, 4) is 5.75 Å². The molecule has 0 saturated carbocycles. The van der Waals surface area contributed by atoms with E-state index in [0.29, 0.717) is 11.8 Å². The van der Waals surface area contributed by atoms with E-state index in [9.17, 15) is 26.4 Å². The molecule has 0 heterocycles. The molecule has 0 aromatic heterocycles. The van der Waals surface area contributed by atoms with Gasteiger partial charge in [-0.3, -0.25) is 9.10 Å². The highest BCUT2D eigenvalue weighted by molar-refractivity contribution is 7.92. The van der Waals surface area contributed by atoms with E-state index in [2.05, 4.69) is 5.32 Å². The minimum Gasteiger partial charge on any atom is -0.497 e. The standard InChI is InChI=1S/C22H18ClF3N2O4S/c1-32-17-10-8-16(9-11-17)28(33(30,31)18-5-3-2-4-6-18)14-21(29)27-15-7-12-20(23)19(13-15)22(24,25)26/h2-13H,14H2,1H3,(H,27,29). The van der Waals surface area contributed by atoms with Crippen LogP contribution in [-0.4, -0.2) is 28.0 Å². The van der Waals surface area contributed by atoms with Gasteiger partial charge in [-0.25, -0.2) is 8.42 Å². The number of halogens is 4. The van der Waals surface area contributed by atoms with Gasteiger partial charge in [0.25, 0.3) is 10.0 Å². The molecule has 0 spiro atoms. The molecule has 3 rings (SSSR count). The number of nitrogens with zero attached hydrogens (tertiary/aromatic N) is 1. The maximum absolute atomic E-state index is 13.3. The number of carbonyl (C=O) groups excluding carboxylic acids is 1. The van der Waals surface area contributed by atoms with Crippen molar-refractivity contribution in [3.63, 3.8) is 0 Å². The summed E-state index contributed by atoms with van der Waals surface area (Å²) in [5.74, 6) is -0.373. The Balaban J connectivity index is 1.93. The lowest BCUT2D eigenvalue weighted by Gasteiger charge is -2.24. The summed E-state index contributed by atoms with van der Waals surface area (Å²) in [5.41, 5.74) is -1.13. The molecule has 0 aliphatic heterocycles. The Morgan fingerprint density at radius 3 is 2.24 bits per heavy atom. The van der Waals surface area contributed by atoms with Gasteiger partial charge in [0, 0.05) is 5.69 Å². The molecule has 0 radical (unpaired) electrons. The van der Waals surface area contributed by atoms with Crippen LogP contribution in [0.1, 0.15) is 5.56 Å². The molecule has 33 heavy (non-hydrogen) atoms. The fourth-order valence-electron chi connectivity index (χ4n) is 2.93. The molecule has 11 heteroatoms. The predicted octanol–water partition coefficient (Wildman–Crippen LogP) is 5.20. The zero-order valence-electron chi connectivity index (χ0n) is 17.1. The summed E-state index contributed by atoms with van der Waals surface area (Å²) in [6.45, 7) is -0.687. The topological polar surface area (TPSA) is 75.7 Å². The average molecular weight is 499 g/mol. The molecular formula is C22H18ClF3N2O4S. The lowest BCUT2D eigenvalue weighted by atomic mass is 10.2. The molecule has 0 fully saturated rings. The maximum atomic E-state index is 13.3. The summed E-state index contributed by atoms with van der Waals surface area (Å²) in [5, 5.41) is 1.78. The van der Waals surface area contributed by atoms with Crippen molar-refractivity contribution < 1.29 is 31.1 Å². The number of carbonyl (C=O) groups is 1. The van der Waals surface area contributed by atoms with E-state index in [1.54, 1.807) is 6.07 Å². The summed E-state index contributed by atoms with van der Waals surface area (Å²) in [6, 6.07) is 16.3. The molecule has 1 amide bonds. The van der Waals surface area contributed by atoms with Gasteiger partial charge < -0.3 is 10.1 Å². The van der Waals surface area contributed by atoms with Gasteiger partial charge in [-0.1, -0.05) is 29.8 Å². The number of hydrogen-bond acceptors (Lipinski definition) is 4. The summed E-state index contributed by atoms with van der Waals surface area (Å²) >= 11 is 5.60. The van der Waals surface area contributed by atoms with Crippen molar-refractivity contribution in [2.45, 2.75) is 11.1 Å². The molecule has 0 unspecified atom stereocenters. The summed E-state index contributed by atoms with van der Waals surface area (Å²) < 4.78 is 71.8. The molecule has 3 aromatic carbocycles. The second-order valence-corrected chi connectivity index (χ2v) is 9.03. The van der Waals surface area contributed by atoms with Gasteiger partial charge in [0.1, 0.15) is 12.3 Å². The number of benzene rings is 3. The molecule has 6 nitrogen and oxygen atoms in total. The smallest absolute Gasteiger partial charge is 0.417 e. The summed E-state index contributed by atoms with van der Waals surface area (Å²) in [4.78, 5) is 12.6. The van der Waals surface area contributed by atoms with Crippen LogP contribution in [0.3, 0.4) is 0 Å². The summed E-state index contributed by atoms with van der Waals surface area (Å²) in [7, 11) is -2.72. The number of amides is 1. The van der Waals surface area contributed by atoms with E-state index in [0.717, 1.165) is 10.4 Å². The third-order valence-electron chi connectivity index (χ3n) is 4.53. The first-order chi connectivity index (χ1) is 15.5. The van der Waals surface area contributed by atoms with Crippen LogP contribution in [0.5, 0.6) is 5.75 Å². The average Bonchev–Trinajstić information content (AvgIpc) is 2.78. The van der Waals surface area contributed by atoms with Crippen LogP contribution in [0.25, 0.3) is 0 Å². The van der Waals surface area contributed by atoms with Crippen molar-refractivity contribution in [2.24, 2.45) is 0 Å². The Morgan fingerprint density at radius 1 is 1.03 bits per heavy atom. The van der Waals surface area contributed by atoms with Gasteiger partial charge in [0.2, 0.25) is 5.91 Å². The van der Waals surface area contributed by atoms with Gasteiger partial charge in [-0.15, -0.1) is 0 Å². The fraction of sp³-hybridized carbons (Fsp3) is 0.136. The van der Waals surface area contributed by atoms with Crippen LogP contribution < -0.4 is 14.4 Å². The number of rotatable bonds is 7. The van der Waals surface area contributed by atoms with Gasteiger partial charge in [-0.2, -0.15) is 13.2 Å². The minimum atomic E-state index is -4.72. The van der Waals surface area contributed by atoms with E-state index < -0.39 is 39.2 Å². The first-order valence-electron chi connectivity index (χ1n) is 9.41. The van der Waals surface area contributed by atoms with Crippen LogP contribution in [0.2, 0.25) is 5.02 Å². The number of alkyl halides is 3. The van der Waals surface area contributed by atoms with E-state index >= 15 is 0 Å². The van der Waals surface area contributed by atoms with E-state index in [1.807, 2.05) is 0 Å². The predicted molar refractivity (Wildman–Crippen MR) is 119 cm³/mol. The monoisotopic (exact) mass is 498 g/mol. The second kappa shape index (κ2) is 9.72.